The van der Waals surface area contributed by atoms with Crippen LogP contribution in [0.2, 0.25) is 0 Å². The van der Waals surface area contributed by atoms with Crippen molar-refractivity contribution >= 4 is 41.1 Å². The topological polar surface area (TPSA) is 239 Å². The molecule has 2 aliphatic rings. The number of nitrogens with two attached hydrogens (primary N) is 2. The molecule has 2 heterocycles. The van der Waals surface area contributed by atoms with Crippen LogP contribution in [0.5, 0.6) is 0 Å². The maximum atomic E-state index is 14.2. The Morgan fingerprint density at radius 2 is 1.21 bits per heavy atom. The summed E-state index contributed by atoms with van der Waals surface area (Å²) in [6.07, 6.45) is 1.12. The van der Waals surface area contributed by atoms with Crippen molar-refractivity contribution in [2.75, 3.05) is 39.9 Å². The van der Waals surface area contributed by atoms with Crippen LogP contribution < -0.4 is 22.1 Å². The molecule has 0 aromatic heterocycles. The van der Waals surface area contributed by atoms with Gasteiger partial charge in [-0.15, -0.1) is 0 Å². The summed E-state index contributed by atoms with van der Waals surface area (Å²) < 4.78 is 21.5. The normalized spacial score (nSPS) is 18.8. The van der Waals surface area contributed by atoms with Crippen LogP contribution in [-0.4, -0.2) is 138 Å². The lowest BCUT2D eigenvalue weighted by molar-refractivity contribution is -0.148. The van der Waals surface area contributed by atoms with E-state index in [1.807, 2.05) is 0 Å². The van der Waals surface area contributed by atoms with Gasteiger partial charge in [0.05, 0.1) is 68.8 Å². The van der Waals surface area contributed by atoms with Crippen LogP contribution in [0.25, 0.3) is 0 Å². The Kier molecular flexibility index (Phi) is 15.4. The first-order valence-electron chi connectivity index (χ1n) is 16.8. The molecule has 0 aromatic rings. The second kappa shape index (κ2) is 18.3. The van der Waals surface area contributed by atoms with Crippen molar-refractivity contribution in [2.24, 2.45) is 11.5 Å². The van der Waals surface area contributed by atoms with Crippen LogP contribution in [0.3, 0.4) is 0 Å². The molecule has 0 fully saturated rings. The number of ketones is 4. The zero-order chi connectivity index (χ0) is 39.7. The zero-order valence-electron chi connectivity index (χ0n) is 31.5. The van der Waals surface area contributed by atoms with E-state index in [0.29, 0.717) is 0 Å². The Morgan fingerprint density at radius 3 is 1.65 bits per heavy atom. The van der Waals surface area contributed by atoms with Crippen molar-refractivity contribution in [2.45, 2.75) is 103 Å². The number of nitrogens with zero attached hydrogens (tertiary/aromatic N) is 2. The number of amides is 2. The van der Waals surface area contributed by atoms with E-state index in [1.54, 1.807) is 55.4 Å². The highest BCUT2D eigenvalue weighted by Crippen LogP contribution is 2.18. The molecule has 2 amide bonds. The molecule has 0 spiro atoms. The van der Waals surface area contributed by atoms with Crippen molar-refractivity contribution < 1.29 is 52.5 Å². The average molecular weight is 735 g/mol. The van der Waals surface area contributed by atoms with E-state index in [2.05, 4.69) is 17.2 Å². The third-order valence-corrected chi connectivity index (χ3v) is 7.64. The predicted octanol–water partition coefficient (Wildman–Crippen LogP) is -0.338. The monoisotopic (exact) mass is 734 g/mol. The van der Waals surface area contributed by atoms with Gasteiger partial charge in [0.25, 0.3) is 5.91 Å². The first-order chi connectivity index (χ1) is 24.0. The molecule has 6 atom stereocenters. The van der Waals surface area contributed by atoms with Crippen LogP contribution in [0, 0.1) is 0 Å². The summed E-state index contributed by atoms with van der Waals surface area (Å²) in [5.74, 6) is -4.67. The minimum atomic E-state index is -1.77. The zero-order valence-corrected chi connectivity index (χ0v) is 31.5. The number of nitrogens with one attached hydrogen (secondary N) is 2. The molecule has 290 valence electrons. The van der Waals surface area contributed by atoms with Gasteiger partial charge >= 0.3 is 12.1 Å². The number of carbonyl (C=O) groups is 7. The fraction of sp³-hybridized carbons (Fsp3) is 0.629. The summed E-state index contributed by atoms with van der Waals surface area (Å²) in [6.45, 7) is 15.7. The molecule has 52 heavy (non-hydrogen) atoms. The van der Waals surface area contributed by atoms with E-state index in [0.717, 1.165) is 29.1 Å². The number of hydrogen-bond acceptors (Lipinski definition) is 15. The number of Topliss-reactive ketones (excluding diaryl/α,β-unsaturated/α-hetero) is 2. The molecule has 17 nitrogen and oxygen atoms in total. The van der Waals surface area contributed by atoms with Gasteiger partial charge in [-0.3, -0.25) is 28.9 Å². The number of esters is 1. The van der Waals surface area contributed by atoms with Gasteiger partial charge in [0.2, 0.25) is 0 Å². The maximum Gasteiger partial charge on any atom is 0.410 e. The number of hydrogen-bond donors (Lipinski definition) is 4. The van der Waals surface area contributed by atoms with Crippen molar-refractivity contribution in [3.05, 3.63) is 36.2 Å². The first kappa shape index (κ1) is 43.7. The minimum absolute atomic E-state index is 0.0203. The van der Waals surface area contributed by atoms with Crippen molar-refractivity contribution in [1.29, 1.82) is 0 Å². The Morgan fingerprint density at radius 1 is 0.788 bits per heavy atom. The Balaban J connectivity index is 2.43. The molecule has 0 unspecified atom stereocenters. The van der Waals surface area contributed by atoms with E-state index in [-0.39, 0.29) is 37.6 Å². The fourth-order valence-electron chi connectivity index (χ4n) is 5.43. The minimum Gasteiger partial charge on any atom is -0.467 e. The van der Waals surface area contributed by atoms with E-state index >= 15 is 0 Å². The van der Waals surface area contributed by atoms with Crippen LogP contribution >= 0.6 is 0 Å². The highest BCUT2D eigenvalue weighted by Gasteiger charge is 2.41. The molecule has 0 bridgehead atoms. The Labute approximate surface area is 304 Å². The quantitative estimate of drug-likeness (QED) is 0.0902. The molecular formula is C35H54N6O11. The van der Waals surface area contributed by atoms with Crippen LogP contribution in [-0.2, 0) is 47.7 Å². The molecule has 6 N–H and O–H groups in total. The Bertz CT molecular complexity index is 1460. The van der Waals surface area contributed by atoms with E-state index in [9.17, 15) is 33.6 Å². The van der Waals surface area contributed by atoms with Gasteiger partial charge in [0.15, 0.2) is 35.2 Å². The smallest absolute Gasteiger partial charge is 0.410 e. The second-order valence-corrected chi connectivity index (χ2v) is 14.6. The SMILES string of the molecule is C=CCOC(=O)N1CC(=O)C=C(N[C@@H](C(=O)[C@@H](N)[C@@H](C)OC(C)(C)C)C(=O)N2CC(=O)C=C(N[C@H](C(=O)OC)C(=O)[C@@H](N)[C@@H](C)OC(C)(C)C)C2)C1. The number of rotatable bonds is 16. The third-order valence-electron chi connectivity index (χ3n) is 7.64. The highest BCUT2D eigenvalue weighted by atomic mass is 16.6. The molecule has 0 saturated carbocycles. The highest BCUT2D eigenvalue weighted by molar-refractivity contribution is 6.10. The van der Waals surface area contributed by atoms with E-state index in [4.69, 9.17) is 30.4 Å². The summed E-state index contributed by atoms with van der Waals surface area (Å²) in [5.41, 5.74) is 11.2. The lowest BCUT2D eigenvalue weighted by Crippen LogP contribution is -2.61. The van der Waals surface area contributed by atoms with Gasteiger partial charge in [-0.1, -0.05) is 12.7 Å². The molecule has 0 saturated heterocycles. The molecule has 0 aliphatic carbocycles. The predicted molar refractivity (Wildman–Crippen MR) is 188 cm³/mol. The van der Waals surface area contributed by atoms with Crippen molar-refractivity contribution in [3.8, 4) is 0 Å². The summed E-state index contributed by atoms with van der Waals surface area (Å²) in [4.78, 5) is 94.7. The number of methoxy groups -OCH3 is 1. The van der Waals surface area contributed by atoms with Crippen LogP contribution in [0.15, 0.2) is 36.2 Å². The summed E-state index contributed by atoms with van der Waals surface area (Å²) in [6, 6.07) is -6.08. The molecule has 17 heteroatoms. The largest absolute Gasteiger partial charge is 0.467 e. The van der Waals surface area contributed by atoms with Gasteiger partial charge in [0.1, 0.15) is 6.61 Å². The first-order valence-corrected chi connectivity index (χ1v) is 16.8. The summed E-state index contributed by atoms with van der Waals surface area (Å²) >= 11 is 0. The fourth-order valence-corrected chi connectivity index (χ4v) is 5.43. The third kappa shape index (κ3) is 13.0. The number of ether oxygens (including phenoxy) is 4. The molecule has 0 radical (unpaired) electrons. The molecule has 0 aromatic carbocycles. The summed E-state index contributed by atoms with van der Waals surface area (Å²) in [5, 5.41) is 5.46. The lowest BCUT2D eigenvalue weighted by Gasteiger charge is -2.35. The molecule has 2 rings (SSSR count). The van der Waals surface area contributed by atoms with Gasteiger partial charge in [-0.2, -0.15) is 0 Å². The maximum absolute atomic E-state index is 14.2. The van der Waals surface area contributed by atoms with Gasteiger partial charge in [-0.05, 0) is 55.4 Å². The standard InChI is InChI=1S/C35H54N6O11/c1-11-12-50-33(48)41-16-22(14-24(43)18-41)38-27(29(44)25(36)19(2)51-34(4,5)6)31(46)40-15-21(13-23(42)17-40)39-28(32(47)49-10)30(45)26(37)20(3)52-35(7,8)9/h11,13-14,19-20,25-28,38-39H,1,12,15-18,36-37H2,2-10H3/t19-,20-,25+,26+,27+,28+/m1/s1. The second-order valence-electron chi connectivity index (χ2n) is 14.6. The van der Waals surface area contributed by atoms with Crippen molar-refractivity contribution in [1.82, 2.24) is 20.4 Å². The van der Waals surface area contributed by atoms with Gasteiger partial charge in [0, 0.05) is 23.5 Å². The van der Waals surface area contributed by atoms with Gasteiger partial charge < -0.3 is 45.9 Å². The van der Waals surface area contributed by atoms with E-state index < -0.39 is 95.2 Å². The van der Waals surface area contributed by atoms with E-state index in [1.165, 1.54) is 6.08 Å². The molecular weight excluding hydrogens is 680 g/mol. The summed E-state index contributed by atoms with van der Waals surface area (Å²) in [7, 11) is 1.07. The average Bonchev–Trinajstić information content (AvgIpc) is 3.04. The lowest BCUT2D eigenvalue weighted by atomic mass is 9.98. The van der Waals surface area contributed by atoms with Crippen LogP contribution in [0.1, 0.15) is 55.4 Å². The van der Waals surface area contributed by atoms with Gasteiger partial charge in [-0.25, -0.2) is 9.59 Å². The Hall–Kier alpha value is -4.45. The van der Waals surface area contributed by atoms with Crippen molar-refractivity contribution in [3.63, 3.8) is 0 Å². The molecule has 2 aliphatic heterocycles. The van der Waals surface area contributed by atoms with Crippen LogP contribution in [0.4, 0.5) is 4.79 Å². The number of carbonyl (C=O) groups excluding carboxylic acids is 7.